The molecule has 0 bridgehead atoms. The Morgan fingerprint density at radius 1 is 1.00 bits per heavy atom. The third kappa shape index (κ3) is 3.69. The van der Waals surface area contributed by atoms with Gasteiger partial charge in [-0.2, -0.15) is 5.26 Å². The van der Waals surface area contributed by atoms with Crippen molar-refractivity contribution in [1.82, 2.24) is 15.2 Å². The van der Waals surface area contributed by atoms with E-state index in [1.807, 2.05) is 0 Å². The second kappa shape index (κ2) is 6.98. The maximum Gasteiger partial charge on any atom is 0.258 e. The van der Waals surface area contributed by atoms with Crippen LogP contribution in [0, 0.1) is 11.3 Å². The van der Waals surface area contributed by atoms with E-state index >= 15 is 0 Å². The van der Waals surface area contributed by atoms with E-state index in [9.17, 15) is 4.79 Å². The predicted octanol–water partition coefficient (Wildman–Crippen LogP) is 2.74. The predicted molar refractivity (Wildman–Crippen MR) is 88.7 cm³/mol. The lowest BCUT2D eigenvalue weighted by molar-refractivity contribution is 0.102. The highest BCUT2D eigenvalue weighted by atomic mass is 16.1. The number of aromatic nitrogens is 3. The van der Waals surface area contributed by atoms with Gasteiger partial charge in [-0.3, -0.25) is 9.78 Å². The normalized spacial score (nSPS) is 9.79. The van der Waals surface area contributed by atoms with E-state index in [0.29, 0.717) is 22.8 Å². The maximum atomic E-state index is 12.0. The molecule has 0 unspecified atom stereocenters. The minimum atomic E-state index is -0.301. The minimum absolute atomic E-state index is 0.301. The highest BCUT2D eigenvalue weighted by molar-refractivity contribution is 6.03. The van der Waals surface area contributed by atoms with Crippen molar-refractivity contribution in [2.75, 3.05) is 10.6 Å². The van der Waals surface area contributed by atoms with Crippen molar-refractivity contribution in [3.63, 3.8) is 0 Å². The largest absolute Gasteiger partial charge is 0.339 e. The molecule has 7 nitrogen and oxygen atoms in total. The van der Waals surface area contributed by atoms with Gasteiger partial charge in [-0.15, -0.1) is 10.2 Å². The summed E-state index contributed by atoms with van der Waals surface area (Å²) in [6, 6.07) is 15.7. The third-order valence-corrected chi connectivity index (χ3v) is 3.12. The van der Waals surface area contributed by atoms with Crippen molar-refractivity contribution in [2.24, 2.45) is 0 Å². The van der Waals surface area contributed by atoms with E-state index in [1.165, 1.54) is 6.20 Å². The lowest BCUT2D eigenvalue weighted by atomic mass is 10.2. The summed E-state index contributed by atoms with van der Waals surface area (Å²) < 4.78 is 0. The van der Waals surface area contributed by atoms with Gasteiger partial charge < -0.3 is 10.6 Å². The summed E-state index contributed by atoms with van der Waals surface area (Å²) in [7, 11) is 0. The molecule has 2 N–H and O–H groups in total. The van der Waals surface area contributed by atoms with Crippen LogP contribution in [0.2, 0.25) is 0 Å². The van der Waals surface area contributed by atoms with Gasteiger partial charge in [0.05, 0.1) is 17.2 Å². The van der Waals surface area contributed by atoms with Crippen LogP contribution in [0.5, 0.6) is 0 Å². The molecule has 0 spiro atoms. The van der Waals surface area contributed by atoms with Gasteiger partial charge in [-0.25, -0.2) is 0 Å². The Kier molecular flexibility index (Phi) is 4.40. The Labute approximate surface area is 138 Å². The average Bonchev–Trinajstić information content (AvgIpc) is 2.65. The molecule has 0 radical (unpaired) electrons. The number of nitrogens with one attached hydrogen (secondary N) is 2. The zero-order valence-electron chi connectivity index (χ0n) is 12.5. The minimum Gasteiger partial charge on any atom is -0.339 e. The molecule has 0 saturated heterocycles. The zero-order valence-corrected chi connectivity index (χ0v) is 12.5. The van der Waals surface area contributed by atoms with Gasteiger partial charge in [0, 0.05) is 18.1 Å². The van der Waals surface area contributed by atoms with Crippen molar-refractivity contribution >= 4 is 23.2 Å². The van der Waals surface area contributed by atoms with Crippen molar-refractivity contribution in [3.05, 3.63) is 72.1 Å². The van der Waals surface area contributed by atoms with Crippen LogP contribution in [0.3, 0.4) is 0 Å². The highest BCUT2D eigenvalue weighted by Gasteiger charge is 2.07. The number of benzene rings is 1. The molecule has 116 valence electrons. The monoisotopic (exact) mass is 316 g/mol. The Morgan fingerprint density at radius 3 is 2.38 bits per heavy atom. The topological polar surface area (TPSA) is 104 Å². The first kappa shape index (κ1) is 15.1. The first-order valence-electron chi connectivity index (χ1n) is 7.07. The van der Waals surface area contributed by atoms with Crippen LogP contribution in [-0.4, -0.2) is 21.1 Å². The molecule has 0 aliphatic rings. The molecule has 2 aromatic heterocycles. The van der Waals surface area contributed by atoms with Gasteiger partial charge in [-0.05, 0) is 48.5 Å². The van der Waals surface area contributed by atoms with Crippen LogP contribution < -0.4 is 10.6 Å². The Bertz CT molecular complexity index is 870. The molecule has 1 amide bonds. The second-order valence-electron chi connectivity index (χ2n) is 4.81. The molecule has 3 rings (SSSR count). The lowest BCUT2D eigenvalue weighted by Gasteiger charge is -2.06. The second-order valence-corrected chi connectivity index (χ2v) is 4.81. The number of pyridine rings is 1. The molecule has 2 heterocycles. The number of hydrogen-bond donors (Lipinski definition) is 2. The first-order chi connectivity index (χ1) is 11.7. The summed E-state index contributed by atoms with van der Waals surface area (Å²) >= 11 is 0. The van der Waals surface area contributed by atoms with E-state index in [1.54, 1.807) is 54.7 Å². The van der Waals surface area contributed by atoms with E-state index in [4.69, 9.17) is 5.26 Å². The molecule has 7 heteroatoms. The molecule has 3 aromatic rings. The summed E-state index contributed by atoms with van der Waals surface area (Å²) in [5.41, 5.74) is 1.81. The number of anilines is 3. The van der Waals surface area contributed by atoms with Gasteiger partial charge in [0.25, 0.3) is 5.91 Å². The van der Waals surface area contributed by atoms with Crippen LogP contribution >= 0.6 is 0 Å². The SMILES string of the molecule is N#Cc1ccc(Nc2ccc(NC(=O)c3cccnc3)nn2)cc1. The summed E-state index contributed by atoms with van der Waals surface area (Å²) in [4.78, 5) is 15.9. The molecule has 1 aromatic carbocycles. The number of hydrogen-bond acceptors (Lipinski definition) is 6. The number of carbonyl (C=O) groups is 1. The van der Waals surface area contributed by atoms with Gasteiger partial charge in [0.1, 0.15) is 0 Å². The summed E-state index contributed by atoms with van der Waals surface area (Å²) in [6.45, 7) is 0. The van der Waals surface area contributed by atoms with Crippen LogP contribution in [0.4, 0.5) is 17.3 Å². The van der Waals surface area contributed by atoms with Crippen molar-refractivity contribution in [3.8, 4) is 6.07 Å². The standard InChI is InChI=1S/C17H12N6O/c18-10-12-3-5-14(6-4-12)20-15-7-8-16(23-22-15)21-17(24)13-2-1-9-19-11-13/h1-9,11H,(H,20,22)(H,21,23,24). The number of nitrogens with zero attached hydrogens (tertiary/aromatic N) is 4. The number of rotatable bonds is 4. The van der Waals surface area contributed by atoms with E-state index in [-0.39, 0.29) is 5.91 Å². The molecule has 0 aliphatic heterocycles. The zero-order chi connectivity index (χ0) is 16.8. The van der Waals surface area contributed by atoms with Crippen LogP contribution in [0.25, 0.3) is 0 Å². The Balaban J connectivity index is 1.65. The first-order valence-corrected chi connectivity index (χ1v) is 7.07. The molecule has 0 fully saturated rings. The summed E-state index contributed by atoms with van der Waals surface area (Å²) in [5.74, 6) is 0.568. The Morgan fingerprint density at radius 2 is 1.75 bits per heavy atom. The summed E-state index contributed by atoms with van der Waals surface area (Å²) in [6.07, 6.45) is 3.07. The molecular weight excluding hydrogens is 304 g/mol. The van der Waals surface area contributed by atoms with E-state index in [2.05, 4.69) is 31.9 Å². The van der Waals surface area contributed by atoms with E-state index in [0.717, 1.165) is 5.69 Å². The molecule has 0 saturated carbocycles. The highest BCUT2D eigenvalue weighted by Crippen LogP contribution is 2.15. The number of amides is 1. The van der Waals surface area contributed by atoms with Crippen LogP contribution in [0.15, 0.2) is 60.9 Å². The third-order valence-electron chi connectivity index (χ3n) is 3.12. The van der Waals surface area contributed by atoms with Gasteiger partial charge in [0.15, 0.2) is 11.6 Å². The molecule has 24 heavy (non-hydrogen) atoms. The fraction of sp³-hybridized carbons (Fsp3) is 0. The smallest absolute Gasteiger partial charge is 0.258 e. The van der Waals surface area contributed by atoms with E-state index < -0.39 is 0 Å². The molecule has 0 atom stereocenters. The van der Waals surface area contributed by atoms with Crippen molar-refractivity contribution < 1.29 is 4.79 Å². The number of nitriles is 1. The van der Waals surface area contributed by atoms with Crippen molar-refractivity contribution in [1.29, 1.82) is 5.26 Å². The van der Waals surface area contributed by atoms with Gasteiger partial charge >= 0.3 is 0 Å². The summed E-state index contributed by atoms with van der Waals surface area (Å²) in [5, 5.41) is 22.4. The van der Waals surface area contributed by atoms with Crippen molar-refractivity contribution in [2.45, 2.75) is 0 Å². The van der Waals surface area contributed by atoms with Crippen LogP contribution in [-0.2, 0) is 0 Å². The van der Waals surface area contributed by atoms with Gasteiger partial charge in [-0.1, -0.05) is 0 Å². The Hall–Kier alpha value is -3.79. The van der Waals surface area contributed by atoms with Crippen LogP contribution in [0.1, 0.15) is 15.9 Å². The maximum absolute atomic E-state index is 12.0. The van der Waals surface area contributed by atoms with Gasteiger partial charge in [0.2, 0.25) is 0 Å². The fourth-order valence-electron chi connectivity index (χ4n) is 1.93. The number of carbonyl (C=O) groups excluding carboxylic acids is 1. The average molecular weight is 316 g/mol. The molecule has 0 aliphatic carbocycles. The fourth-order valence-corrected chi connectivity index (χ4v) is 1.93. The lowest BCUT2D eigenvalue weighted by Crippen LogP contribution is -2.13. The molecular formula is C17H12N6O. The quantitative estimate of drug-likeness (QED) is 0.767.